The molecule has 2 rings (SSSR count). The van der Waals surface area contributed by atoms with Crippen molar-refractivity contribution in [1.29, 1.82) is 0 Å². The molecule has 1 heterocycles. The molecule has 1 aliphatic heterocycles. The summed E-state index contributed by atoms with van der Waals surface area (Å²) in [7, 11) is 0. The Morgan fingerprint density at radius 1 is 1.37 bits per heavy atom. The molecule has 0 aliphatic carbocycles. The average Bonchev–Trinajstić information content (AvgIpc) is 2.91. The quantitative estimate of drug-likeness (QED) is 0.842. The summed E-state index contributed by atoms with van der Waals surface area (Å²) in [6, 6.07) is 7.15. The lowest BCUT2D eigenvalue weighted by atomic mass is 9.88. The molecule has 1 aliphatic rings. The Balaban J connectivity index is 2.09. The van der Waals surface area contributed by atoms with Crippen LogP contribution in [-0.2, 0) is 16.0 Å². The summed E-state index contributed by atoms with van der Waals surface area (Å²) in [4.78, 5) is 24.1. The molecule has 0 radical (unpaired) electrons. The van der Waals surface area contributed by atoms with Crippen LogP contribution in [0, 0.1) is 5.92 Å². The van der Waals surface area contributed by atoms with Gasteiger partial charge in [0.2, 0.25) is 0 Å². The van der Waals surface area contributed by atoms with Crippen LogP contribution in [0.5, 0.6) is 0 Å². The van der Waals surface area contributed by atoms with Gasteiger partial charge in [-0.25, -0.2) is 0 Å². The van der Waals surface area contributed by atoms with Gasteiger partial charge in [0, 0.05) is 5.02 Å². The lowest BCUT2D eigenvalue weighted by Gasteiger charge is -2.17. The lowest BCUT2D eigenvalue weighted by Crippen LogP contribution is -2.39. The van der Waals surface area contributed by atoms with Crippen molar-refractivity contribution >= 4 is 23.2 Å². The topological polar surface area (TPSA) is 46.2 Å². The first-order chi connectivity index (χ1) is 9.08. The number of hydrogen-bond donors (Lipinski definition) is 1. The fourth-order valence-electron chi connectivity index (χ4n) is 2.47. The molecule has 2 unspecified atom stereocenters. The molecule has 3 nitrogen and oxygen atoms in total. The Labute approximate surface area is 118 Å². The first-order valence-electron chi connectivity index (χ1n) is 6.60. The average molecular weight is 280 g/mol. The number of halogens is 1. The van der Waals surface area contributed by atoms with E-state index in [0.717, 1.165) is 24.9 Å². The predicted octanol–water partition coefficient (Wildman–Crippen LogP) is 2.41. The van der Waals surface area contributed by atoms with Gasteiger partial charge >= 0.3 is 0 Å². The normalized spacial score (nSPS) is 20.2. The van der Waals surface area contributed by atoms with Gasteiger partial charge in [-0.15, -0.1) is 0 Å². The predicted molar refractivity (Wildman–Crippen MR) is 75.4 cm³/mol. The molecular weight excluding hydrogens is 262 g/mol. The Bertz CT molecular complexity index is 464. The number of benzene rings is 1. The Hall–Kier alpha value is -1.19. The van der Waals surface area contributed by atoms with Gasteiger partial charge in [0.25, 0.3) is 0 Å². The molecule has 1 saturated heterocycles. The number of nitrogens with one attached hydrogen (secondary N) is 1. The van der Waals surface area contributed by atoms with Crippen molar-refractivity contribution in [3.05, 3.63) is 34.9 Å². The standard InChI is InChI=1S/C15H18ClNO2/c1-10(18)13(15(19)14-3-2-8-17-14)9-11-4-6-12(16)7-5-11/h4-7,13-14,17H,2-3,8-9H2,1H3. The highest BCUT2D eigenvalue weighted by atomic mass is 35.5. The number of ketones is 2. The van der Waals surface area contributed by atoms with Crippen LogP contribution in [0.4, 0.5) is 0 Å². The van der Waals surface area contributed by atoms with Crippen LogP contribution >= 0.6 is 11.6 Å². The first kappa shape index (κ1) is 14.2. The molecule has 102 valence electrons. The third kappa shape index (κ3) is 3.64. The molecule has 1 N–H and O–H groups in total. The Morgan fingerprint density at radius 3 is 2.58 bits per heavy atom. The van der Waals surface area contributed by atoms with Crippen LogP contribution in [0.1, 0.15) is 25.3 Å². The summed E-state index contributed by atoms with van der Waals surface area (Å²) in [5.74, 6) is -0.578. The molecule has 0 spiro atoms. The smallest absolute Gasteiger partial charge is 0.160 e. The Kier molecular flexibility index (Phi) is 4.72. The molecule has 0 bridgehead atoms. The number of carbonyl (C=O) groups is 2. The number of hydrogen-bond acceptors (Lipinski definition) is 3. The minimum Gasteiger partial charge on any atom is -0.307 e. The van der Waals surface area contributed by atoms with Crippen LogP contribution in [-0.4, -0.2) is 24.2 Å². The maximum atomic E-state index is 12.3. The second-order valence-electron chi connectivity index (χ2n) is 5.05. The van der Waals surface area contributed by atoms with Crippen molar-refractivity contribution in [2.45, 2.75) is 32.2 Å². The van der Waals surface area contributed by atoms with E-state index >= 15 is 0 Å². The van der Waals surface area contributed by atoms with E-state index in [4.69, 9.17) is 11.6 Å². The van der Waals surface area contributed by atoms with E-state index in [2.05, 4.69) is 5.32 Å². The van der Waals surface area contributed by atoms with Crippen molar-refractivity contribution in [3.8, 4) is 0 Å². The van der Waals surface area contributed by atoms with Gasteiger partial charge in [0.1, 0.15) is 5.78 Å². The third-order valence-corrected chi connectivity index (χ3v) is 3.84. The number of carbonyl (C=O) groups excluding carboxylic acids is 2. The van der Waals surface area contributed by atoms with E-state index in [1.807, 2.05) is 12.1 Å². The summed E-state index contributed by atoms with van der Waals surface area (Å²) in [6.45, 7) is 2.36. The fraction of sp³-hybridized carbons (Fsp3) is 0.467. The van der Waals surface area contributed by atoms with Gasteiger partial charge in [0.15, 0.2) is 5.78 Å². The second-order valence-corrected chi connectivity index (χ2v) is 5.48. The van der Waals surface area contributed by atoms with E-state index in [1.165, 1.54) is 6.92 Å². The molecule has 1 aromatic rings. The van der Waals surface area contributed by atoms with Crippen molar-refractivity contribution in [2.75, 3.05) is 6.54 Å². The van der Waals surface area contributed by atoms with E-state index in [1.54, 1.807) is 12.1 Å². The highest BCUT2D eigenvalue weighted by molar-refractivity contribution is 6.30. The molecule has 0 saturated carbocycles. The van der Waals surface area contributed by atoms with Crippen molar-refractivity contribution in [1.82, 2.24) is 5.32 Å². The molecule has 2 atom stereocenters. The Morgan fingerprint density at radius 2 is 2.05 bits per heavy atom. The molecular formula is C15H18ClNO2. The largest absolute Gasteiger partial charge is 0.307 e. The SMILES string of the molecule is CC(=O)C(Cc1ccc(Cl)cc1)C(=O)C1CCCN1. The van der Waals surface area contributed by atoms with Crippen LogP contribution in [0.15, 0.2) is 24.3 Å². The zero-order valence-electron chi connectivity index (χ0n) is 11.0. The first-order valence-corrected chi connectivity index (χ1v) is 6.97. The van der Waals surface area contributed by atoms with Gasteiger partial charge in [-0.3, -0.25) is 9.59 Å². The van der Waals surface area contributed by atoms with E-state index in [-0.39, 0.29) is 17.6 Å². The molecule has 0 amide bonds. The summed E-state index contributed by atoms with van der Waals surface area (Å²) in [5, 5.41) is 3.82. The summed E-state index contributed by atoms with van der Waals surface area (Å²) >= 11 is 5.83. The van der Waals surface area contributed by atoms with Crippen molar-refractivity contribution in [2.24, 2.45) is 5.92 Å². The van der Waals surface area contributed by atoms with Crippen molar-refractivity contribution < 1.29 is 9.59 Å². The maximum Gasteiger partial charge on any atom is 0.160 e. The highest BCUT2D eigenvalue weighted by Crippen LogP contribution is 2.18. The van der Waals surface area contributed by atoms with Crippen molar-refractivity contribution in [3.63, 3.8) is 0 Å². The van der Waals surface area contributed by atoms with Crippen LogP contribution in [0.2, 0.25) is 5.02 Å². The van der Waals surface area contributed by atoms with Crippen LogP contribution < -0.4 is 5.32 Å². The minimum absolute atomic E-state index is 0.0277. The zero-order valence-corrected chi connectivity index (χ0v) is 11.7. The van der Waals surface area contributed by atoms with E-state index in [9.17, 15) is 9.59 Å². The maximum absolute atomic E-state index is 12.3. The minimum atomic E-state index is -0.545. The molecule has 19 heavy (non-hydrogen) atoms. The van der Waals surface area contributed by atoms with Gasteiger partial charge in [-0.1, -0.05) is 23.7 Å². The number of Topliss-reactive ketones (excluding diaryl/α,β-unsaturated/α-hetero) is 2. The van der Waals surface area contributed by atoms with Crippen LogP contribution in [0.3, 0.4) is 0 Å². The van der Waals surface area contributed by atoms with Gasteiger partial charge in [0.05, 0.1) is 12.0 Å². The summed E-state index contributed by atoms with van der Waals surface area (Å²) < 4.78 is 0. The lowest BCUT2D eigenvalue weighted by molar-refractivity contribution is -0.132. The summed E-state index contributed by atoms with van der Waals surface area (Å²) in [5.41, 5.74) is 0.968. The summed E-state index contributed by atoms with van der Waals surface area (Å²) in [6.07, 6.45) is 2.30. The molecule has 4 heteroatoms. The van der Waals surface area contributed by atoms with E-state index < -0.39 is 5.92 Å². The molecule has 1 fully saturated rings. The van der Waals surface area contributed by atoms with Gasteiger partial charge in [-0.2, -0.15) is 0 Å². The van der Waals surface area contributed by atoms with E-state index in [0.29, 0.717) is 11.4 Å². The van der Waals surface area contributed by atoms with Gasteiger partial charge < -0.3 is 5.32 Å². The fourth-order valence-corrected chi connectivity index (χ4v) is 2.60. The second kappa shape index (κ2) is 6.31. The van der Waals surface area contributed by atoms with Gasteiger partial charge in [-0.05, 0) is 50.4 Å². The van der Waals surface area contributed by atoms with Crippen LogP contribution in [0.25, 0.3) is 0 Å². The molecule has 0 aromatic heterocycles. The molecule has 1 aromatic carbocycles. The highest BCUT2D eigenvalue weighted by Gasteiger charge is 2.31. The zero-order chi connectivity index (χ0) is 13.8. The monoisotopic (exact) mass is 279 g/mol. The third-order valence-electron chi connectivity index (χ3n) is 3.59. The number of rotatable bonds is 5.